The van der Waals surface area contributed by atoms with Crippen LogP contribution >= 0.6 is 0 Å². The van der Waals surface area contributed by atoms with E-state index in [9.17, 15) is 4.79 Å². The van der Waals surface area contributed by atoms with Gasteiger partial charge in [-0.25, -0.2) is 0 Å². The molecule has 1 aliphatic heterocycles. The van der Waals surface area contributed by atoms with Gasteiger partial charge in [0.2, 0.25) is 0 Å². The number of nitrogens with zero attached hydrogens (tertiary/aromatic N) is 2. The van der Waals surface area contributed by atoms with Crippen LogP contribution in [0.5, 0.6) is 0 Å². The highest BCUT2D eigenvalue weighted by molar-refractivity contribution is 5.94. The van der Waals surface area contributed by atoms with Gasteiger partial charge in [-0.1, -0.05) is 30.4 Å². The highest BCUT2D eigenvalue weighted by Crippen LogP contribution is 2.20. The normalized spacial score (nSPS) is 21.5. The summed E-state index contributed by atoms with van der Waals surface area (Å²) in [6.07, 6.45) is 10.6. The summed E-state index contributed by atoms with van der Waals surface area (Å²) in [6.45, 7) is 5.15. The minimum absolute atomic E-state index is 0.194. The van der Waals surface area contributed by atoms with Crippen molar-refractivity contribution in [1.29, 1.82) is 0 Å². The van der Waals surface area contributed by atoms with Gasteiger partial charge in [0, 0.05) is 25.2 Å². The van der Waals surface area contributed by atoms with Crippen molar-refractivity contribution in [2.75, 3.05) is 32.7 Å². The molecule has 1 heterocycles. The van der Waals surface area contributed by atoms with Crippen molar-refractivity contribution in [2.45, 2.75) is 32.1 Å². The molecule has 0 N–H and O–H groups in total. The van der Waals surface area contributed by atoms with E-state index in [-0.39, 0.29) is 5.91 Å². The van der Waals surface area contributed by atoms with E-state index in [1.165, 1.54) is 32.4 Å². The summed E-state index contributed by atoms with van der Waals surface area (Å²) in [6, 6.07) is 9.75. The first-order chi connectivity index (χ1) is 11.3. The Morgan fingerprint density at radius 1 is 1.13 bits per heavy atom. The largest absolute Gasteiger partial charge is 0.337 e. The number of hydrogen-bond donors (Lipinski definition) is 0. The predicted molar refractivity (Wildman–Crippen MR) is 94.5 cm³/mol. The molecule has 0 bridgehead atoms. The Kier molecular flexibility index (Phi) is 5.87. The molecule has 1 aromatic carbocycles. The Labute approximate surface area is 140 Å². The third-order valence-corrected chi connectivity index (χ3v) is 5.05. The van der Waals surface area contributed by atoms with Crippen LogP contribution in [0.2, 0.25) is 0 Å². The van der Waals surface area contributed by atoms with Crippen LogP contribution in [0.1, 0.15) is 42.5 Å². The molecule has 0 spiro atoms. The smallest absolute Gasteiger partial charge is 0.253 e. The molecule has 3 heteroatoms. The molecule has 1 aliphatic carbocycles. The van der Waals surface area contributed by atoms with E-state index in [1.807, 2.05) is 30.3 Å². The molecule has 2 aliphatic rings. The van der Waals surface area contributed by atoms with Crippen LogP contribution in [-0.4, -0.2) is 48.4 Å². The number of hydrogen-bond acceptors (Lipinski definition) is 2. The van der Waals surface area contributed by atoms with E-state index < -0.39 is 0 Å². The fourth-order valence-electron chi connectivity index (χ4n) is 3.64. The van der Waals surface area contributed by atoms with Gasteiger partial charge in [0.1, 0.15) is 0 Å². The average molecular weight is 312 g/mol. The highest BCUT2D eigenvalue weighted by Gasteiger charge is 2.22. The van der Waals surface area contributed by atoms with Crippen molar-refractivity contribution >= 4 is 5.91 Å². The quantitative estimate of drug-likeness (QED) is 0.750. The molecule has 0 aromatic heterocycles. The Bertz CT molecular complexity index is 520. The van der Waals surface area contributed by atoms with Gasteiger partial charge in [0.15, 0.2) is 0 Å². The SMILES string of the molecule is O=C(c1ccccc1)N(CCN1CCCC1)C[C@H]1CC=CCC1. The Morgan fingerprint density at radius 3 is 2.61 bits per heavy atom. The molecule has 1 atom stereocenters. The molecule has 23 heavy (non-hydrogen) atoms. The van der Waals surface area contributed by atoms with Crippen molar-refractivity contribution in [3.05, 3.63) is 48.0 Å². The minimum atomic E-state index is 0.194. The van der Waals surface area contributed by atoms with E-state index in [2.05, 4.69) is 22.0 Å². The highest BCUT2D eigenvalue weighted by atomic mass is 16.2. The molecule has 0 radical (unpaired) electrons. The molecule has 3 rings (SSSR count). The zero-order valence-electron chi connectivity index (χ0n) is 14.0. The number of carbonyl (C=O) groups excluding carboxylic acids is 1. The summed E-state index contributed by atoms with van der Waals surface area (Å²) >= 11 is 0. The lowest BCUT2D eigenvalue weighted by Gasteiger charge is -2.30. The first kappa shape index (κ1) is 16.3. The molecule has 1 aromatic rings. The molecule has 0 unspecified atom stereocenters. The van der Waals surface area contributed by atoms with Crippen LogP contribution in [0.4, 0.5) is 0 Å². The van der Waals surface area contributed by atoms with Crippen molar-refractivity contribution in [3.63, 3.8) is 0 Å². The van der Waals surface area contributed by atoms with Crippen LogP contribution < -0.4 is 0 Å². The average Bonchev–Trinajstić information content (AvgIpc) is 3.13. The van der Waals surface area contributed by atoms with E-state index in [0.717, 1.165) is 38.0 Å². The number of amides is 1. The van der Waals surface area contributed by atoms with E-state index in [0.29, 0.717) is 5.92 Å². The summed E-state index contributed by atoms with van der Waals surface area (Å²) in [4.78, 5) is 17.5. The maximum absolute atomic E-state index is 12.9. The topological polar surface area (TPSA) is 23.6 Å². The molecular weight excluding hydrogens is 284 g/mol. The zero-order chi connectivity index (χ0) is 15.9. The third-order valence-electron chi connectivity index (χ3n) is 5.05. The number of carbonyl (C=O) groups is 1. The van der Waals surface area contributed by atoms with E-state index in [1.54, 1.807) is 0 Å². The maximum Gasteiger partial charge on any atom is 0.253 e. The number of allylic oxidation sites excluding steroid dienone is 2. The van der Waals surface area contributed by atoms with Crippen molar-refractivity contribution in [2.24, 2.45) is 5.92 Å². The zero-order valence-corrected chi connectivity index (χ0v) is 14.0. The van der Waals surface area contributed by atoms with Crippen molar-refractivity contribution in [1.82, 2.24) is 9.80 Å². The Hall–Kier alpha value is -1.61. The lowest BCUT2D eigenvalue weighted by atomic mass is 9.93. The van der Waals surface area contributed by atoms with Crippen molar-refractivity contribution in [3.8, 4) is 0 Å². The Morgan fingerprint density at radius 2 is 1.91 bits per heavy atom. The second-order valence-corrected chi connectivity index (χ2v) is 6.82. The first-order valence-corrected chi connectivity index (χ1v) is 9.04. The van der Waals surface area contributed by atoms with E-state index >= 15 is 0 Å². The van der Waals surface area contributed by atoms with Gasteiger partial charge in [-0.15, -0.1) is 0 Å². The molecule has 1 saturated heterocycles. The summed E-state index contributed by atoms with van der Waals surface area (Å²) in [5.41, 5.74) is 0.820. The molecule has 1 amide bonds. The maximum atomic E-state index is 12.9. The molecule has 0 saturated carbocycles. The Balaban J connectivity index is 1.64. The fourth-order valence-corrected chi connectivity index (χ4v) is 3.64. The van der Waals surface area contributed by atoms with Gasteiger partial charge in [0.25, 0.3) is 5.91 Å². The van der Waals surface area contributed by atoms with Gasteiger partial charge in [0.05, 0.1) is 0 Å². The molecule has 124 valence electrons. The predicted octanol–water partition coefficient (Wildman–Crippen LogP) is 3.58. The summed E-state index contributed by atoms with van der Waals surface area (Å²) in [5.74, 6) is 0.811. The standard InChI is InChI=1S/C20H28N2O/c23-20(19-11-5-2-6-12-19)22(16-15-21-13-7-8-14-21)17-18-9-3-1-4-10-18/h1-3,5-6,11-12,18H,4,7-10,13-17H2/t18-/m0/s1. The van der Waals surface area contributed by atoms with Crippen LogP contribution in [0.25, 0.3) is 0 Å². The van der Waals surface area contributed by atoms with Crippen LogP contribution in [0, 0.1) is 5.92 Å². The minimum Gasteiger partial charge on any atom is -0.337 e. The molecule has 1 fully saturated rings. The monoisotopic (exact) mass is 312 g/mol. The molecule has 3 nitrogen and oxygen atoms in total. The summed E-state index contributed by atoms with van der Waals surface area (Å²) < 4.78 is 0. The van der Waals surface area contributed by atoms with Crippen LogP contribution in [0.15, 0.2) is 42.5 Å². The van der Waals surface area contributed by atoms with Gasteiger partial charge < -0.3 is 9.80 Å². The first-order valence-electron chi connectivity index (χ1n) is 9.04. The number of rotatable bonds is 6. The number of benzene rings is 1. The summed E-state index contributed by atoms with van der Waals surface area (Å²) in [5, 5.41) is 0. The second kappa shape index (κ2) is 8.30. The summed E-state index contributed by atoms with van der Waals surface area (Å²) in [7, 11) is 0. The van der Waals surface area contributed by atoms with Crippen LogP contribution in [0.3, 0.4) is 0 Å². The molecular formula is C20H28N2O. The van der Waals surface area contributed by atoms with Gasteiger partial charge in [-0.05, 0) is 63.2 Å². The third kappa shape index (κ3) is 4.68. The van der Waals surface area contributed by atoms with Gasteiger partial charge in [-0.2, -0.15) is 0 Å². The van der Waals surface area contributed by atoms with Gasteiger partial charge in [-0.3, -0.25) is 4.79 Å². The second-order valence-electron chi connectivity index (χ2n) is 6.82. The van der Waals surface area contributed by atoms with Gasteiger partial charge >= 0.3 is 0 Å². The van der Waals surface area contributed by atoms with Crippen molar-refractivity contribution < 1.29 is 4.79 Å². The van der Waals surface area contributed by atoms with Crippen LogP contribution in [-0.2, 0) is 0 Å². The lowest BCUT2D eigenvalue weighted by Crippen LogP contribution is -2.40. The lowest BCUT2D eigenvalue weighted by molar-refractivity contribution is 0.0707. The number of likely N-dealkylation sites (tertiary alicyclic amines) is 1. The van der Waals surface area contributed by atoms with E-state index in [4.69, 9.17) is 0 Å². The fraction of sp³-hybridized carbons (Fsp3) is 0.550.